The lowest BCUT2D eigenvalue weighted by Crippen LogP contribution is -2.44. The summed E-state index contributed by atoms with van der Waals surface area (Å²) in [6.07, 6.45) is -3.52. The minimum atomic E-state index is -4.60. The highest BCUT2D eigenvalue weighted by atomic mass is 32.2. The van der Waals surface area contributed by atoms with Gasteiger partial charge in [-0.1, -0.05) is 19.1 Å². The minimum Gasteiger partial charge on any atom is -0.493 e. The van der Waals surface area contributed by atoms with E-state index < -0.39 is 32.4 Å². The summed E-state index contributed by atoms with van der Waals surface area (Å²) in [4.78, 5) is -0.290. The largest absolute Gasteiger partial charge is 0.493 e. The molecule has 2 heterocycles. The Bertz CT molecular complexity index is 1050. The molecule has 4 rings (SSSR count). The summed E-state index contributed by atoms with van der Waals surface area (Å²) < 4.78 is 76.8. The Hall–Kier alpha value is -2.06. The third-order valence-electron chi connectivity index (χ3n) is 6.21. The van der Waals surface area contributed by atoms with Crippen molar-refractivity contribution < 1.29 is 31.1 Å². The van der Waals surface area contributed by atoms with Crippen molar-refractivity contribution in [2.75, 3.05) is 13.2 Å². The molecule has 30 heavy (non-hydrogen) atoms. The second-order valence-corrected chi connectivity index (χ2v) is 10.2. The number of hydrogen-bond acceptors (Lipinski definition) is 4. The molecule has 1 saturated heterocycles. The highest BCUT2D eigenvalue weighted by Crippen LogP contribution is 2.45. The summed E-state index contributed by atoms with van der Waals surface area (Å²) in [6, 6.07) is 9.74. The van der Waals surface area contributed by atoms with Gasteiger partial charge in [-0.15, -0.1) is 0 Å². The number of rotatable bonds is 4. The second-order valence-electron chi connectivity index (χ2n) is 7.84. The molecule has 8 heteroatoms. The molecule has 2 aromatic rings. The highest BCUT2D eigenvalue weighted by molar-refractivity contribution is 7.92. The fourth-order valence-corrected chi connectivity index (χ4v) is 6.49. The van der Waals surface area contributed by atoms with Gasteiger partial charge in [-0.2, -0.15) is 13.2 Å². The molecule has 0 aromatic heterocycles. The van der Waals surface area contributed by atoms with Crippen LogP contribution in [0.15, 0.2) is 47.4 Å². The zero-order chi connectivity index (χ0) is 21.6. The van der Waals surface area contributed by atoms with Gasteiger partial charge in [0.15, 0.2) is 9.84 Å². The molecule has 0 aliphatic carbocycles. The monoisotopic (exact) mass is 440 g/mol. The molecule has 0 saturated carbocycles. The molecule has 0 amide bonds. The van der Waals surface area contributed by atoms with Crippen molar-refractivity contribution in [2.45, 2.75) is 54.5 Å². The van der Waals surface area contributed by atoms with Gasteiger partial charge in [0.25, 0.3) is 0 Å². The molecule has 2 aliphatic rings. The zero-order valence-electron chi connectivity index (χ0n) is 16.5. The molecular formula is C22H23F3O4S. The van der Waals surface area contributed by atoms with Crippen LogP contribution in [0.3, 0.4) is 0 Å². The maximum atomic E-state index is 13.5. The molecule has 2 atom stereocenters. The Balaban J connectivity index is 1.69. The van der Waals surface area contributed by atoms with E-state index in [4.69, 9.17) is 9.47 Å². The predicted molar refractivity (Wildman–Crippen MR) is 105 cm³/mol. The molecule has 2 aliphatic heterocycles. The van der Waals surface area contributed by atoms with E-state index in [1.807, 2.05) is 18.2 Å². The van der Waals surface area contributed by atoms with E-state index >= 15 is 0 Å². The number of benzene rings is 2. The second kappa shape index (κ2) is 7.57. The van der Waals surface area contributed by atoms with Crippen LogP contribution in [0.25, 0.3) is 0 Å². The number of fused-ring (bicyclic) bond motifs is 1. The number of hydrogen-bond donors (Lipinski definition) is 0. The van der Waals surface area contributed by atoms with E-state index in [0.717, 1.165) is 41.5 Å². The van der Waals surface area contributed by atoms with Gasteiger partial charge in [-0.3, -0.25) is 0 Å². The van der Waals surface area contributed by atoms with Crippen LogP contribution < -0.4 is 4.74 Å². The van der Waals surface area contributed by atoms with Gasteiger partial charge in [0.05, 0.1) is 27.9 Å². The highest BCUT2D eigenvalue weighted by Gasteiger charge is 2.48. The van der Waals surface area contributed by atoms with Crippen molar-refractivity contribution in [1.29, 1.82) is 0 Å². The van der Waals surface area contributed by atoms with Crippen LogP contribution >= 0.6 is 0 Å². The summed E-state index contributed by atoms with van der Waals surface area (Å²) in [5.74, 6) is 0.827. The number of sulfone groups is 1. The maximum Gasteiger partial charge on any atom is 0.416 e. The molecule has 2 aromatic carbocycles. The van der Waals surface area contributed by atoms with Crippen molar-refractivity contribution in [3.63, 3.8) is 0 Å². The molecule has 1 fully saturated rings. The van der Waals surface area contributed by atoms with Gasteiger partial charge >= 0.3 is 6.18 Å². The van der Waals surface area contributed by atoms with E-state index in [0.29, 0.717) is 13.0 Å². The molecule has 2 unspecified atom stereocenters. The Morgan fingerprint density at radius 3 is 2.67 bits per heavy atom. The van der Waals surface area contributed by atoms with Crippen LogP contribution in [-0.4, -0.2) is 26.4 Å². The number of ether oxygens (including phenoxy) is 2. The van der Waals surface area contributed by atoms with Gasteiger partial charge in [0, 0.05) is 13.0 Å². The van der Waals surface area contributed by atoms with Crippen molar-refractivity contribution in [2.24, 2.45) is 0 Å². The SMILES string of the molecule is CCC1(S(=O)(=O)c2cccc(C(F)(F)F)c2)CCOC(c2ccc3c(c2)CCO3)C1. The van der Waals surface area contributed by atoms with Crippen molar-refractivity contribution in [3.8, 4) is 5.75 Å². The molecule has 0 spiro atoms. The Morgan fingerprint density at radius 1 is 1.13 bits per heavy atom. The summed E-state index contributed by atoms with van der Waals surface area (Å²) in [5, 5.41) is 0. The van der Waals surface area contributed by atoms with Crippen LogP contribution in [0.4, 0.5) is 13.2 Å². The normalized spacial score (nSPS) is 24.3. The smallest absolute Gasteiger partial charge is 0.416 e. The summed E-state index contributed by atoms with van der Waals surface area (Å²) >= 11 is 0. The standard InChI is InChI=1S/C22H23F3O4S/c1-2-21(30(26,27)18-5-3-4-17(13-18)22(23,24)25)9-11-29-20(14-21)15-6-7-19-16(12-15)8-10-28-19/h3-7,12-13,20H,2,8-11,14H2,1H3. The van der Waals surface area contributed by atoms with E-state index in [9.17, 15) is 21.6 Å². The molecule has 4 nitrogen and oxygen atoms in total. The fraction of sp³-hybridized carbons (Fsp3) is 0.455. The average Bonchev–Trinajstić information content (AvgIpc) is 3.21. The first-order chi connectivity index (χ1) is 14.2. The molecule has 0 N–H and O–H groups in total. The van der Waals surface area contributed by atoms with Gasteiger partial charge in [-0.05, 0) is 60.7 Å². The van der Waals surface area contributed by atoms with Gasteiger partial charge in [0.1, 0.15) is 5.75 Å². The first-order valence-corrected chi connectivity index (χ1v) is 11.4. The Morgan fingerprint density at radius 2 is 1.93 bits per heavy atom. The van der Waals surface area contributed by atoms with Gasteiger partial charge < -0.3 is 9.47 Å². The molecule has 0 radical (unpaired) electrons. The minimum absolute atomic E-state index is 0.196. The molecule has 0 bridgehead atoms. The van der Waals surface area contributed by atoms with Crippen LogP contribution in [0.1, 0.15) is 49.0 Å². The summed E-state index contributed by atoms with van der Waals surface area (Å²) in [5.41, 5.74) is 0.970. The average molecular weight is 440 g/mol. The van der Waals surface area contributed by atoms with E-state index in [1.165, 1.54) is 6.07 Å². The van der Waals surface area contributed by atoms with Crippen LogP contribution in [0.2, 0.25) is 0 Å². The molecule has 162 valence electrons. The van der Waals surface area contributed by atoms with Crippen molar-refractivity contribution >= 4 is 9.84 Å². The van der Waals surface area contributed by atoms with E-state index in [1.54, 1.807) is 6.92 Å². The van der Waals surface area contributed by atoms with E-state index in [-0.39, 0.29) is 24.3 Å². The van der Waals surface area contributed by atoms with Gasteiger partial charge in [0.2, 0.25) is 0 Å². The maximum absolute atomic E-state index is 13.5. The van der Waals surface area contributed by atoms with Crippen LogP contribution in [-0.2, 0) is 27.2 Å². The lowest BCUT2D eigenvalue weighted by molar-refractivity contribution is -0.137. The number of halogens is 3. The molecular weight excluding hydrogens is 417 g/mol. The van der Waals surface area contributed by atoms with Crippen LogP contribution in [0.5, 0.6) is 5.75 Å². The Labute approximate surface area is 173 Å². The Kier molecular flexibility index (Phi) is 5.34. The zero-order valence-corrected chi connectivity index (χ0v) is 17.4. The van der Waals surface area contributed by atoms with Crippen LogP contribution in [0, 0.1) is 0 Å². The lowest BCUT2D eigenvalue weighted by Gasteiger charge is -2.40. The summed E-state index contributed by atoms with van der Waals surface area (Å²) in [6.45, 7) is 2.61. The topological polar surface area (TPSA) is 52.6 Å². The third kappa shape index (κ3) is 3.60. The quantitative estimate of drug-likeness (QED) is 0.663. The first-order valence-electron chi connectivity index (χ1n) is 9.95. The fourth-order valence-electron chi connectivity index (χ4n) is 4.35. The van der Waals surface area contributed by atoms with Crippen molar-refractivity contribution in [1.82, 2.24) is 0 Å². The third-order valence-corrected chi connectivity index (χ3v) is 8.88. The summed E-state index contributed by atoms with van der Waals surface area (Å²) in [7, 11) is -4.01. The lowest BCUT2D eigenvalue weighted by atomic mass is 9.88. The van der Waals surface area contributed by atoms with Gasteiger partial charge in [-0.25, -0.2) is 8.42 Å². The predicted octanol–water partition coefficient (Wildman–Crippen LogP) is 5.11. The van der Waals surface area contributed by atoms with Crippen molar-refractivity contribution in [3.05, 3.63) is 59.2 Å². The first kappa shape index (κ1) is 21.2. The van der Waals surface area contributed by atoms with E-state index in [2.05, 4.69) is 0 Å². The number of alkyl halides is 3.